The lowest BCUT2D eigenvalue weighted by molar-refractivity contribution is 0.262. The molecule has 0 aromatic heterocycles. The molecule has 2 aromatic rings. The Balaban J connectivity index is 2.09. The summed E-state index contributed by atoms with van der Waals surface area (Å²) >= 11 is 0. The van der Waals surface area contributed by atoms with E-state index in [1.165, 1.54) is 0 Å². The van der Waals surface area contributed by atoms with E-state index in [0.717, 1.165) is 28.1 Å². The van der Waals surface area contributed by atoms with Crippen LogP contribution in [0.2, 0.25) is 0 Å². The fourth-order valence-electron chi connectivity index (χ4n) is 2.06. The molecule has 0 spiro atoms. The van der Waals surface area contributed by atoms with Gasteiger partial charge in [0, 0.05) is 17.9 Å². The van der Waals surface area contributed by atoms with Gasteiger partial charge in [-0.3, -0.25) is 0 Å². The van der Waals surface area contributed by atoms with Crippen molar-refractivity contribution in [3.8, 4) is 0 Å². The number of nitrogens with one attached hydrogen (secondary N) is 2. The molecule has 0 aliphatic rings. The SMILES string of the molecule is Cc1cccc(C)c1NC(=O)Nc1cccc(CN)c1. The normalized spacial score (nSPS) is 10.2. The number of rotatable bonds is 3. The lowest BCUT2D eigenvalue weighted by atomic mass is 10.1. The molecule has 2 aromatic carbocycles. The zero-order valence-electron chi connectivity index (χ0n) is 11.7. The van der Waals surface area contributed by atoms with Gasteiger partial charge in [0.1, 0.15) is 0 Å². The van der Waals surface area contributed by atoms with Gasteiger partial charge in [-0.05, 0) is 42.7 Å². The van der Waals surface area contributed by atoms with Gasteiger partial charge in [0.15, 0.2) is 0 Å². The maximum Gasteiger partial charge on any atom is 0.323 e. The standard InChI is InChI=1S/C16H19N3O/c1-11-5-3-6-12(2)15(11)19-16(20)18-14-8-4-7-13(9-14)10-17/h3-9H,10,17H2,1-2H3,(H2,18,19,20). The molecule has 0 radical (unpaired) electrons. The van der Waals surface area contributed by atoms with Crippen LogP contribution in [0, 0.1) is 13.8 Å². The smallest absolute Gasteiger partial charge is 0.323 e. The molecular weight excluding hydrogens is 250 g/mol. The molecule has 104 valence electrons. The predicted molar refractivity (Wildman–Crippen MR) is 82.9 cm³/mol. The van der Waals surface area contributed by atoms with Crippen LogP contribution in [0.25, 0.3) is 0 Å². The fourth-order valence-corrected chi connectivity index (χ4v) is 2.06. The highest BCUT2D eigenvalue weighted by atomic mass is 16.2. The second-order valence-corrected chi connectivity index (χ2v) is 4.75. The Hall–Kier alpha value is -2.33. The zero-order chi connectivity index (χ0) is 14.5. The summed E-state index contributed by atoms with van der Waals surface area (Å²) in [5.41, 5.74) is 10.2. The first-order valence-corrected chi connectivity index (χ1v) is 6.53. The molecule has 4 heteroatoms. The lowest BCUT2D eigenvalue weighted by Crippen LogP contribution is -2.20. The summed E-state index contributed by atoms with van der Waals surface area (Å²) < 4.78 is 0. The Morgan fingerprint density at radius 1 is 1.05 bits per heavy atom. The van der Waals surface area contributed by atoms with Crippen LogP contribution in [0.1, 0.15) is 16.7 Å². The van der Waals surface area contributed by atoms with Crippen LogP contribution in [0.5, 0.6) is 0 Å². The largest absolute Gasteiger partial charge is 0.326 e. The van der Waals surface area contributed by atoms with E-state index in [0.29, 0.717) is 6.54 Å². The molecule has 0 atom stereocenters. The number of aryl methyl sites for hydroxylation is 2. The molecule has 4 N–H and O–H groups in total. The average Bonchev–Trinajstić information content (AvgIpc) is 2.43. The quantitative estimate of drug-likeness (QED) is 0.799. The highest BCUT2D eigenvalue weighted by Crippen LogP contribution is 2.20. The summed E-state index contributed by atoms with van der Waals surface area (Å²) in [6, 6.07) is 13.2. The maximum atomic E-state index is 12.0. The Morgan fingerprint density at radius 2 is 1.70 bits per heavy atom. The van der Waals surface area contributed by atoms with Crippen molar-refractivity contribution >= 4 is 17.4 Å². The molecule has 0 aliphatic heterocycles. The monoisotopic (exact) mass is 269 g/mol. The summed E-state index contributed by atoms with van der Waals surface area (Å²) in [6.45, 7) is 4.39. The molecule has 0 bridgehead atoms. The number of benzene rings is 2. The van der Waals surface area contributed by atoms with Crippen LogP contribution in [-0.4, -0.2) is 6.03 Å². The van der Waals surface area contributed by atoms with E-state index >= 15 is 0 Å². The summed E-state index contributed by atoms with van der Waals surface area (Å²) in [7, 11) is 0. The van der Waals surface area contributed by atoms with Crippen molar-refractivity contribution in [1.29, 1.82) is 0 Å². The van der Waals surface area contributed by atoms with Gasteiger partial charge in [0.25, 0.3) is 0 Å². The third kappa shape index (κ3) is 3.36. The van der Waals surface area contributed by atoms with Crippen LogP contribution in [0.4, 0.5) is 16.2 Å². The van der Waals surface area contributed by atoms with Gasteiger partial charge in [-0.25, -0.2) is 4.79 Å². The summed E-state index contributed by atoms with van der Waals surface area (Å²) in [5.74, 6) is 0. The maximum absolute atomic E-state index is 12.0. The molecule has 0 fully saturated rings. The van der Waals surface area contributed by atoms with Crippen LogP contribution in [0.3, 0.4) is 0 Å². The molecule has 0 aliphatic carbocycles. The molecule has 20 heavy (non-hydrogen) atoms. The molecule has 2 rings (SSSR count). The fraction of sp³-hybridized carbons (Fsp3) is 0.188. The van der Waals surface area contributed by atoms with E-state index in [2.05, 4.69) is 10.6 Å². The van der Waals surface area contributed by atoms with Gasteiger partial charge in [0.2, 0.25) is 0 Å². The number of hydrogen-bond donors (Lipinski definition) is 3. The zero-order valence-corrected chi connectivity index (χ0v) is 11.7. The Kier molecular flexibility index (Phi) is 4.38. The van der Waals surface area contributed by atoms with E-state index in [1.54, 1.807) is 0 Å². The molecule has 2 amide bonds. The van der Waals surface area contributed by atoms with E-state index in [1.807, 2.05) is 56.3 Å². The highest BCUT2D eigenvalue weighted by molar-refractivity contribution is 6.00. The molecule has 0 saturated carbocycles. The third-order valence-electron chi connectivity index (χ3n) is 3.14. The van der Waals surface area contributed by atoms with Crippen molar-refractivity contribution in [2.45, 2.75) is 20.4 Å². The van der Waals surface area contributed by atoms with Crippen LogP contribution >= 0.6 is 0 Å². The first kappa shape index (κ1) is 14.1. The topological polar surface area (TPSA) is 67.2 Å². The summed E-state index contributed by atoms with van der Waals surface area (Å²) in [5, 5.41) is 5.70. The number of amides is 2. The Bertz CT molecular complexity index is 603. The van der Waals surface area contributed by atoms with Crippen LogP contribution in [0.15, 0.2) is 42.5 Å². The number of nitrogens with two attached hydrogens (primary N) is 1. The van der Waals surface area contributed by atoms with Gasteiger partial charge in [0.05, 0.1) is 0 Å². The summed E-state index contributed by atoms with van der Waals surface area (Å²) in [4.78, 5) is 12.0. The van der Waals surface area contributed by atoms with Crippen molar-refractivity contribution in [2.75, 3.05) is 10.6 Å². The van der Waals surface area contributed by atoms with Crippen molar-refractivity contribution in [3.63, 3.8) is 0 Å². The number of carbonyl (C=O) groups excluding carboxylic acids is 1. The Morgan fingerprint density at radius 3 is 2.35 bits per heavy atom. The number of hydrogen-bond acceptors (Lipinski definition) is 2. The lowest BCUT2D eigenvalue weighted by Gasteiger charge is -2.12. The van der Waals surface area contributed by atoms with Crippen molar-refractivity contribution < 1.29 is 4.79 Å². The number of carbonyl (C=O) groups is 1. The predicted octanol–water partition coefficient (Wildman–Crippen LogP) is 3.41. The molecule has 4 nitrogen and oxygen atoms in total. The minimum absolute atomic E-state index is 0.253. The second kappa shape index (κ2) is 6.21. The van der Waals surface area contributed by atoms with Gasteiger partial charge in [-0.15, -0.1) is 0 Å². The van der Waals surface area contributed by atoms with Gasteiger partial charge in [-0.2, -0.15) is 0 Å². The van der Waals surface area contributed by atoms with Crippen molar-refractivity contribution in [2.24, 2.45) is 5.73 Å². The average molecular weight is 269 g/mol. The highest BCUT2D eigenvalue weighted by Gasteiger charge is 2.07. The molecule has 0 saturated heterocycles. The molecular formula is C16H19N3O. The van der Waals surface area contributed by atoms with Crippen LogP contribution < -0.4 is 16.4 Å². The molecule has 0 heterocycles. The number of anilines is 2. The van der Waals surface area contributed by atoms with E-state index in [-0.39, 0.29) is 6.03 Å². The second-order valence-electron chi connectivity index (χ2n) is 4.75. The van der Waals surface area contributed by atoms with E-state index in [4.69, 9.17) is 5.73 Å². The summed E-state index contributed by atoms with van der Waals surface area (Å²) in [6.07, 6.45) is 0. The third-order valence-corrected chi connectivity index (χ3v) is 3.14. The van der Waals surface area contributed by atoms with E-state index in [9.17, 15) is 4.79 Å². The van der Waals surface area contributed by atoms with Gasteiger partial charge < -0.3 is 16.4 Å². The molecule has 0 unspecified atom stereocenters. The first-order chi connectivity index (χ1) is 9.60. The van der Waals surface area contributed by atoms with Gasteiger partial charge in [-0.1, -0.05) is 30.3 Å². The van der Waals surface area contributed by atoms with E-state index < -0.39 is 0 Å². The minimum atomic E-state index is -0.253. The van der Waals surface area contributed by atoms with Gasteiger partial charge >= 0.3 is 6.03 Å². The Labute approximate surface area is 119 Å². The van der Waals surface area contributed by atoms with Crippen molar-refractivity contribution in [3.05, 3.63) is 59.2 Å². The minimum Gasteiger partial charge on any atom is -0.326 e. The first-order valence-electron chi connectivity index (χ1n) is 6.53. The number of urea groups is 1. The van der Waals surface area contributed by atoms with Crippen molar-refractivity contribution in [1.82, 2.24) is 0 Å². The number of para-hydroxylation sites is 1. The van der Waals surface area contributed by atoms with Crippen LogP contribution in [-0.2, 0) is 6.54 Å².